The molecule has 0 saturated heterocycles. The number of nitrogens with one attached hydrogen (secondary N) is 1. The van der Waals surface area contributed by atoms with Gasteiger partial charge in [0.05, 0.1) is 5.56 Å². The van der Waals surface area contributed by atoms with Gasteiger partial charge >= 0.3 is 12.1 Å². The molecule has 0 fully saturated rings. The largest absolute Gasteiger partial charge is 0.449 e. The summed E-state index contributed by atoms with van der Waals surface area (Å²) in [6, 6.07) is 3.96. The van der Waals surface area contributed by atoms with E-state index in [9.17, 15) is 22.8 Å². The zero-order valence-corrected chi connectivity index (χ0v) is 12.6. The maximum Gasteiger partial charge on any atom is 0.416 e. The highest BCUT2D eigenvalue weighted by atomic mass is 19.4. The third-order valence-electron chi connectivity index (χ3n) is 2.68. The van der Waals surface area contributed by atoms with E-state index in [0.717, 1.165) is 30.3 Å². The fourth-order valence-electron chi connectivity index (χ4n) is 1.50. The molecule has 1 aromatic carbocycles. The van der Waals surface area contributed by atoms with Crippen LogP contribution in [0, 0.1) is 0 Å². The topological polar surface area (TPSA) is 55.4 Å². The van der Waals surface area contributed by atoms with E-state index in [2.05, 4.69) is 5.32 Å². The third-order valence-corrected chi connectivity index (χ3v) is 2.68. The predicted molar refractivity (Wildman–Crippen MR) is 79.6 cm³/mol. The number of hydrogen-bond acceptors (Lipinski definition) is 3. The summed E-state index contributed by atoms with van der Waals surface area (Å²) in [5.41, 5.74) is -0.639. The molecule has 0 aliphatic carbocycles. The van der Waals surface area contributed by atoms with Gasteiger partial charge in [0.25, 0.3) is 5.91 Å². The first-order valence-corrected chi connectivity index (χ1v) is 6.72. The molecule has 1 rings (SSSR count). The van der Waals surface area contributed by atoms with Crippen LogP contribution in [0.15, 0.2) is 48.6 Å². The van der Waals surface area contributed by atoms with Crippen molar-refractivity contribution >= 4 is 17.6 Å². The van der Waals surface area contributed by atoms with Gasteiger partial charge in [-0.25, -0.2) is 4.79 Å². The highest BCUT2D eigenvalue weighted by Gasteiger charge is 2.30. The van der Waals surface area contributed by atoms with Crippen molar-refractivity contribution in [1.29, 1.82) is 0 Å². The lowest BCUT2D eigenvalue weighted by Gasteiger charge is -2.13. The van der Waals surface area contributed by atoms with Crippen LogP contribution in [0.4, 0.5) is 18.9 Å². The first kappa shape index (κ1) is 18.5. The van der Waals surface area contributed by atoms with Crippen LogP contribution < -0.4 is 5.32 Å². The van der Waals surface area contributed by atoms with Gasteiger partial charge in [-0.1, -0.05) is 18.2 Å². The Morgan fingerprint density at radius 2 is 1.78 bits per heavy atom. The molecule has 1 amide bonds. The Labute approximate surface area is 131 Å². The van der Waals surface area contributed by atoms with Gasteiger partial charge in [0.1, 0.15) is 0 Å². The lowest BCUT2D eigenvalue weighted by molar-refractivity contribution is -0.148. The summed E-state index contributed by atoms with van der Waals surface area (Å²) in [6.45, 7) is 3.14. The molecule has 0 heterocycles. The van der Waals surface area contributed by atoms with Crippen molar-refractivity contribution in [3.63, 3.8) is 0 Å². The lowest BCUT2D eigenvalue weighted by Crippen LogP contribution is -2.29. The number of allylic oxidation sites excluding steroid dienone is 3. The molecule has 1 aromatic rings. The second kappa shape index (κ2) is 8.17. The summed E-state index contributed by atoms with van der Waals surface area (Å²) < 4.78 is 42.1. The quantitative estimate of drug-likeness (QED) is 0.509. The number of carbonyl (C=O) groups is 2. The van der Waals surface area contributed by atoms with Crippen molar-refractivity contribution in [1.82, 2.24) is 0 Å². The van der Waals surface area contributed by atoms with Crippen molar-refractivity contribution in [2.24, 2.45) is 0 Å². The monoisotopic (exact) mass is 327 g/mol. The lowest BCUT2D eigenvalue weighted by atomic mass is 10.2. The normalized spacial score (nSPS) is 13.3. The Balaban J connectivity index is 2.60. The summed E-state index contributed by atoms with van der Waals surface area (Å²) in [5.74, 6) is -1.34. The van der Waals surface area contributed by atoms with E-state index in [1.54, 1.807) is 19.1 Å². The van der Waals surface area contributed by atoms with Gasteiger partial charge in [-0.2, -0.15) is 13.2 Å². The number of ether oxygens (including phenoxy) is 1. The average molecular weight is 327 g/mol. The average Bonchev–Trinajstić information content (AvgIpc) is 2.47. The van der Waals surface area contributed by atoms with Crippen LogP contribution in [-0.2, 0) is 20.5 Å². The molecule has 1 atom stereocenters. The second-order valence-electron chi connectivity index (χ2n) is 4.53. The standard InChI is InChI=1S/C16H16F3NO3/c1-3-4-5-6-14(21)23-11(2)15(22)20-13-9-7-12(8-10-13)16(17,18)19/h3-11H,1-2H3,(H,20,22)/b4-3+,6-5+/t11-/m0/s1. The summed E-state index contributed by atoms with van der Waals surface area (Å²) in [7, 11) is 0. The zero-order chi connectivity index (χ0) is 17.5. The summed E-state index contributed by atoms with van der Waals surface area (Å²) in [6.07, 6.45) is 0.425. The summed E-state index contributed by atoms with van der Waals surface area (Å²) in [5, 5.41) is 2.37. The number of amides is 1. The Morgan fingerprint density at radius 1 is 1.17 bits per heavy atom. The van der Waals surface area contributed by atoms with E-state index in [1.165, 1.54) is 13.0 Å². The first-order chi connectivity index (χ1) is 10.7. The summed E-state index contributed by atoms with van der Waals surface area (Å²) >= 11 is 0. The van der Waals surface area contributed by atoms with E-state index in [4.69, 9.17) is 4.74 Å². The molecule has 0 saturated carbocycles. The van der Waals surface area contributed by atoms with Crippen LogP contribution in [0.5, 0.6) is 0 Å². The first-order valence-electron chi connectivity index (χ1n) is 6.72. The molecule has 0 radical (unpaired) electrons. The molecule has 1 N–H and O–H groups in total. The van der Waals surface area contributed by atoms with Crippen molar-refractivity contribution in [3.8, 4) is 0 Å². The van der Waals surface area contributed by atoms with Gasteiger partial charge in [-0.15, -0.1) is 0 Å². The minimum Gasteiger partial charge on any atom is -0.449 e. The molecule has 0 unspecified atom stereocenters. The van der Waals surface area contributed by atoms with Crippen LogP contribution in [0.1, 0.15) is 19.4 Å². The van der Waals surface area contributed by atoms with Crippen LogP contribution in [0.2, 0.25) is 0 Å². The Bertz CT molecular complexity index is 604. The van der Waals surface area contributed by atoms with Gasteiger partial charge in [0.2, 0.25) is 0 Å². The molecule has 0 aromatic heterocycles. The number of rotatable bonds is 5. The fraction of sp³-hybridized carbons (Fsp3) is 0.250. The minimum atomic E-state index is -4.44. The van der Waals surface area contributed by atoms with Crippen molar-refractivity contribution in [3.05, 3.63) is 54.1 Å². The van der Waals surface area contributed by atoms with E-state index in [0.29, 0.717) is 0 Å². The third kappa shape index (κ3) is 6.37. The second-order valence-corrected chi connectivity index (χ2v) is 4.53. The summed E-state index contributed by atoms with van der Waals surface area (Å²) in [4.78, 5) is 23.2. The number of esters is 1. The van der Waals surface area contributed by atoms with Gasteiger partial charge in [-0.3, -0.25) is 4.79 Å². The zero-order valence-electron chi connectivity index (χ0n) is 12.6. The van der Waals surface area contributed by atoms with Crippen molar-refractivity contribution in [2.75, 3.05) is 5.32 Å². The van der Waals surface area contributed by atoms with Gasteiger partial charge in [0.15, 0.2) is 6.10 Å². The van der Waals surface area contributed by atoms with Gasteiger partial charge in [0, 0.05) is 11.8 Å². The predicted octanol–water partition coefficient (Wildman–Crippen LogP) is 3.71. The number of halogens is 3. The molecule has 0 aliphatic rings. The van der Waals surface area contributed by atoms with Crippen molar-refractivity contribution < 1.29 is 27.5 Å². The maximum absolute atomic E-state index is 12.4. The van der Waals surface area contributed by atoms with Crippen LogP contribution >= 0.6 is 0 Å². The Hall–Kier alpha value is -2.57. The van der Waals surface area contributed by atoms with Gasteiger partial charge < -0.3 is 10.1 Å². The number of hydrogen-bond donors (Lipinski definition) is 1. The number of benzene rings is 1. The molecular formula is C16H16F3NO3. The van der Waals surface area contributed by atoms with E-state index < -0.39 is 29.7 Å². The minimum absolute atomic E-state index is 0.176. The number of carbonyl (C=O) groups excluding carboxylic acids is 2. The molecule has 0 bridgehead atoms. The molecule has 23 heavy (non-hydrogen) atoms. The molecular weight excluding hydrogens is 311 g/mol. The van der Waals surface area contributed by atoms with E-state index in [-0.39, 0.29) is 5.69 Å². The van der Waals surface area contributed by atoms with Crippen LogP contribution in [0.3, 0.4) is 0 Å². The highest BCUT2D eigenvalue weighted by molar-refractivity contribution is 5.96. The Morgan fingerprint density at radius 3 is 2.30 bits per heavy atom. The molecule has 4 nitrogen and oxygen atoms in total. The molecule has 124 valence electrons. The fourth-order valence-corrected chi connectivity index (χ4v) is 1.50. The highest BCUT2D eigenvalue weighted by Crippen LogP contribution is 2.29. The number of anilines is 1. The van der Waals surface area contributed by atoms with Gasteiger partial charge in [-0.05, 0) is 38.1 Å². The molecule has 7 heteroatoms. The van der Waals surface area contributed by atoms with E-state index in [1.807, 2.05) is 0 Å². The Kier molecular flexibility index (Phi) is 6.56. The molecule has 0 aliphatic heterocycles. The smallest absolute Gasteiger partial charge is 0.416 e. The maximum atomic E-state index is 12.4. The van der Waals surface area contributed by atoms with E-state index >= 15 is 0 Å². The number of alkyl halides is 3. The van der Waals surface area contributed by atoms with Crippen LogP contribution in [-0.4, -0.2) is 18.0 Å². The molecule has 0 spiro atoms. The van der Waals surface area contributed by atoms with Crippen molar-refractivity contribution in [2.45, 2.75) is 26.1 Å². The SMILES string of the molecule is C/C=C/C=C/C(=O)O[C@@H](C)C(=O)Nc1ccc(C(F)(F)F)cc1. The van der Waals surface area contributed by atoms with Crippen LogP contribution in [0.25, 0.3) is 0 Å².